The Morgan fingerprint density at radius 2 is 1.71 bits per heavy atom. The molecule has 0 aromatic carbocycles. The van der Waals surface area contributed by atoms with Crippen molar-refractivity contribution in [1.82, 2.24) is 24.4 Å². The fourth-order valence-electron chi connectivity index (χ4n) is 5.74. The SMILES string of the molecule is C=C(F)C(=O)N1CCN(c2nc(=O)n(-c3c(C(C)C)ncnc3C(C)C)c3c2C=C(F)/C(=C2/C(=O)C=CC=C2F)N3O)[C@@H](C)C1. The van der Waals surface area contributed by atoms with Crippen molar-refractivity contribution in [2.24, 2.45) is 0 Å². The third-order valence-corrected chi connectivity index (χ3v) is 7.82. The summed E-state index contributed by atoms with van der Waals surface area (Å²) in [6, 6.07) is -0.541. The molecule has 45 heavy (non-hydrogen) atoms. The second kappa shape index (κ2) is 11.9. The summed E-state index contributed by atoms with van der Waals surface area (Å²) in [7, 11) is 0. The lowest BCUT2D eigenvalue weighted by molar-refractivity contribution is -0.129. The van der Waals surface area contributed by atoms with E-state index in [1.165, 1.54) is 11.2 Å². The highest BCUT2D eigenvalue weighted by Gasteiger charge is 2.39. The average molecular weight is 624 g/mol. The van der Waals surface area contributed by atoms with Crippen LogP contribution in [0.15, 0.2) is 64.7 Å². The van der Waals surface area contributed by atoms with Gasteiger partial charge in [-0.2, -0.15) is 4.98 Å². The summed E-state index contributed by atoms with van der Waals surface area (Å²) in [6.07, 6.45) is 5.48. The molecule has 236 valence electrons. The van der Waals surface area contributed by atoms with Gasteiger partial charge in [-0.05, 0) is 37.0 Å². The van der Waals surface area contributed by atoms with E-state index in [1.807, 2.05) is 27.7 Å². The zero-order chi connectivity index (χ0) is 32.9. The monoisotopic (exact) mass is 623 g/mol. The van der Waals surface area contributed by atoms with Crippen LogP contribution in [-0.2, 0) is 9.59 Å². The van der Waals surface area contributed by atoms with Crippen LogP contribution in [0.25, 0.3) is 11.8 Å². The number of nitrogens with zero attached hydrogens (tertiary/aromatic N) is 7. The highest BCUT2D eigenvalue weighted by molar-refractivity contribution is 6.10. The van der Waals surface area contributed by atoms with Crippen LogP contribution in [0.1, 0.15) is 63.4 Å². The quantitative estimate of drug-likeness (QED) is 0.478. The van der Waals surface area contributed by atoms with Gasteiger partial charge in [-0.3, -0.25) is 14.8 Å². The van der Waals surface area contributed by atoms with E-state index in [0.29, 0.717) is 11.4 Å². The lowest BCUT2D eigenvalue weighted by Crippen LogP contribution is -2.54. The summed E-state index contributed by atoms with van der Waals surface area (Å²) in [4.78, 5) is 55.2. The fourth-order valence-corrected chi connectivity index (χ4v) is 5.74. The zero-order valence-electron chi connectivity index (χ0n) is 25.4. The molecule has 0 unspecified atom stereocenters. The molecule has 11 nitrogen and oxygen atoms in total. The molecular weight excluding hydrogens is 591 g/mol. The van der Waals surface area contributed by atoms with Gasteiger partial charge in [0.1, 0.15) is 23.7 Å². The number of rotatable bonds is 5. The summed E-state index contributed by atoms with van der Waals surface area (Å²) in [5, 5.41) is 12.0. The number of carbonyl (C=O) groups excluding carboxylic acids is 2. The number of amides is 1. The summed E-state index contributed by atoms with van der Waals surface area (Å²) in [5.41, 5.74) is -1.42. The minimum Gasteiger partial charge on any atom is -0.350 e. The molecule has 2 aromatic heterocycles. The average Bonchev–Trinajstić information content (AvgIpc) is 2.97. The first-order chi connectivity index (χ1) is 21.2. The molecule has 0 bridgehead atoms. The van der Waals surface area contributed by atoms with Crippen molar-refractivity contribution in [3.8, 4) is 5.69 Å². The Bertz CT molecular complexity index is 1780. The maximum Gasteiger partial charge on any atom is 0.355 e. The Kier molecular flexibility index (Phi) is 8.36. The van der Waals surface area contributed by atoms with E-state index in [2.05, 4.69) is 21.5 Å². The van der Waals surface area contributed by atoms with Gasteiger partial charge in [0, 0.05) is 25.7 Å². The predicted molar refractivity (Wildman–Crippen MR) is 161 cm³/mol. The summed E-state index contributed by atoms with van der Waals surface area (Å²) in [6.45, 7) is 12.3. The predicted octanol–water partition coefficient (Wildman–Crippen LogP) is 4.56. The van der Waals surface area contributed by atoms with Crippen molar-refractivity contribution in [1.29, 1.82) is 0 Å². The smallest absolute Gasteiger partial charge is 0.350 e. The van der Waals surface area contributed by atoms with Crippen molar-refractivity contribution < 1.29 is 28.0 Å². The van der Waals surface area contributed by atoms with Crippen molar-refractivity contribution in [3.05, 3.63) is 87.3 Å². The molecule has 1 amide bonds. The number of piperazine rings is 1. The van der Waals surface area contributed by atoms with E-state index in [-0.39, 0.29) is 59.4 Å². The van der Waals surface area contributed by atoms with Crippen LogP contribution in [-0.4, -0.2) is 67.0 Å². The number of carbonyl (C=O) groups is 2. The van der Waals surface area contributed by atoms with E-state index in [1.54, 1.807) is 11.8 Å². The molecule has 1 N–H and O–H groups in total. The Labute approximate surface area is 257 Å². The van der Waals surface area contributed by atoms with Gasteiger partial charge < -0.3 is 9.80 Å². The van der Waals surface area contributed by atoms with Gasteiger partial charge in [-0.25, -0.2) is 37.6 Å². The molecule has 1 aliphatic carbocycles. The van der Waals surface area contributed by atoms with Crippen LogP contribution >= 0.6 is 0 Å². The van der Waals surface area contributed by atoms with E-state index >= 15 is 8.78 Å². The van der Waals surface area contributed by atoms with Gasteiger partial charge in [0.2, 0.25) is 0 Å². The number of hydrogen-bond acceptors (Lipinski definition) is 9. The van der Waals surface area contributed by atoms with Gasteiger partial charge >= 0.3 is 5.69 Å². The van der Waals surface area contributed by atoms with Crippen molar-refractivity contribution in [2.75, 3.05) is 29.6 Å². The summed E-state index contributed by atoms with van der Waals surface area (Å²) in [5.74, 6) is -5.96. The number of anilines is 2. The van der Waals surface area contributed by atoms with Crippen molar-refractivity contribution >= 4 is 29.4 Å². The first kappa shape index (κ1) is 31.6. The highest BCUT2D eigenvalue weighted by Crippen LogP contribution is 2.43. The van der Waals surface area contributed by atoms with Crippen LogP contribution < -0.4 is 15.7 Å². The number of hydroxylamine groups is 1. The topological polar surface area (TPSA) is 125 Å². The minimum absolute atomic E-state index is 0.0318. The Hall–Kier alpha value is -4.85. The van der Waals surface area contributed by atoms with Crippen LogP contribution in [0.5, 0.6) is 0 Å². The molecule has 1 fully saturated rings. The molecule has 2 aliphatic heterocycles. The Balaban J connectivity index is 1.83. The van der Waals surface area contributed by atoms with E-state index in [9.17, 15) is 24.0 Å². The van der Waals surface area contributed by atoms with E-state index in [0.717, 1.165) is 28.9 Å². The molecular formula is C31H32F3N7O4. The maximum atomic E-state index is 16.0. The summed E-state index contributed by atoms with van der Waals surface area (Å²) < 4.78 is 45.7. The van der Waals surface area contributed by atoms with Gasteiger partial charge in [0.05, 0.1) is 28.2 Å². The lowest BCUT2D eigenvalue weighted by Gasteiger charge is -2.41. The molecule has 14 heteroatoms. The molecule has 0 spiro atoms. The zero-order valence-corrected chi connectivity index (χ0v) is 25.4. The van der Waals surface area contributed by atoms with E-state index < -0.39 is 52.2 Å². The lowest BCUT2D eigenvalue weighted by atomic mass is 9.98. The number of halogens is 3. The minimum atomic E-state index is -1.16. The molecule has 1 saturated heterocycles. The molecule has 0 saturated carbocycles. The first-order valence-corrected chi connectivity index (χ1v) is 14.4. The van der Waals surface area contributed by atoms with Gasteiger partial charge in [0.25, 0.3) is 5.91 Å². The molecule has 3 aliphatic rings. The number of fused-ring (bicyclic) bond motifs is 1. The van der Waals surface area contributed by atoms with Crippen molar-refractivity contribution in [3.63, 3.8) is 0 Å². The third kappa shape index (κ3) is 5.39. The van der Waals surface area contributed by atoms with Crippen LogP contribution in [0.4, 0.5) is 24.8 Å². The molecule has 4 heterocycles. The molecule has 0 radical (unpaired) electrons. The summed E-state index contributed by atoms with van der Waals surface area (Å²) >= 11 is 0. The van der Waals surface area contributed by atoms with Crippen LogP contribution in [0.2, 0.25) is 0 Å². The van der Waals surface area contributed by atoms with Gasteiger partial charge in [-0.15, -0.1) is 0 Å². The molecule has 1 atom stereocenters. The largest absolute Gasteiger partial charge is 0.355 e. The third-order valence-electron chi connectivity index (χ3n) is 7.82. The Morgan fingerprint density at radius 3 is 2.27 bits per heavy atom. The Morgan fingerprint density at radius 1 is 1.07 bits per heavy atom. The van der Waals surface area contributed by atoms with Crippen molar-refractivity contribution in [2.45, 2.75) is 52.5 Å². The normalized spacial score (nSPS) is 20.1. The fraction of sp³-hybridized carbons (Fsp3) is 0.355. The second-order valence-corrected chi connectivity index (χ2v) is 11.6. The highest BCUT2D eigenvalue weighted by atomic mass is 19.1. The number of aromatic nitrogens is 4. The molecule has 5 rings (SSSR count). The van der Waals surface area contributed by atoms with Gasteiger partial charge in [-0.1, -0.05) is 40.3 Å². The number of allylic oxidation sites excluding steroid dienone is 6. The van der Waals surface area contributed by atoms with Crippen LogP contribution in [0.3, 0.4) is 0 Å². The van der Waals surface area contributed by atoms with E-state index in [4.69, 9.17) is 0 Å². The van der Waals surface area contributed by atoms with Gasteiger partial charge in [0.15, 0.2) is 23.3 Å². The standard InChI is InChI=1S/C31H32F3N7O4/c1-15(2)24-27(25(16(3)4)36-14-35-24)40-29-19(12-21(34)26(41(29)45)23-20(33)8-7-9-22(23)42)28(37-31(40)44)39-11-10-38(13-17(39)5)30(43)18(6)32/h7-9,12,14-17,45H,6,10-11,13H2,1-5H3/b26-23-/t17-/m0/s1. The molecule has 2 aromatic rings. The maximum absolute atomic E-state index is 16.0. The number of ketones is 1. The first-order valence-electron chi connectivity index (χ1n) is 14.4. The van der Waals surface area contributed by atoms with Crippen LogP contribution in [0, 0.1) is 0 Å². The second-order valence-electron chi connectivity index (χ2n) is 11.6. The number of hydrogen-bond donors (Lipinski definition) is 1.